The van der Waals surface area contributed by atoms with E-state index in [1.807, 2.05) is 30.5 Å². The highest BCUT2D eigenvalue weighted by Crippen LogP contribution is 2.27. The zero-order chi connectivity index (χ0) is 10.1. The van der Waals surface area contributed by atoms with Crippen molar-refractivity contribution in [2.75, 3.05) is 5.73 Å². The molecule has 2 N–H and O–H groups in total. The maximum Gasteiger partial charge on any atom is 0.180 e. The van der Waals surface area contributed by atoms with E-state index in [0.29, 0.717) is 5.13 Å². The van der Waals surface area contributed by atoms with Gasteiger partial charge in [-0.3, -0.25) is 0 Å². The van der Waals surface area contributed by atoms with Gasteiger partial charge in [0.25, 0.3) is 0 Å². The number of aryl methyl sites for hydroxylation is 1. The van der Waals surface area contributed by atoms with Crippen molar-refractivity contribution >= 4 is 28.1 Å². The molecule has 0 amide bonds. The van der Waals surface area contributed by atoms with Gasteiger partial charge in [-0.1, -0.05) is 17.7 Å². The molecule has 4 heteroatoms. The summed E-state index contributed by atoms with van der Waals surface area (Å²) in [6.07, 6.45) is 0. The van der Waals surface area contributed by atoms with Crippen LogP contribution in [-0.2, 0) is 0 Å². The zero-order valence-corrected chi connectivity index (χ0v) is 9.19. The molecular formula is C10H9ClN2S. The SMILES string of the molecule is Cc1cc(Cl)ccc1-c1csc(N)n1. The first-order valence-corrected chi connectivity index (χ1v) is 5.40. The highest BCUT2D eigenvalue weighted by atomic mass is 35.5. The third-order valence-electron chi connectivity index (χ3n) is 1.99. The number of benzene rings is 1. The molecule has 1 aromatic heterocycles. The molecule has 0 saturated carbocycles. The van der Waals surface area contributed by atoms with Crippen LogP contribution in [0.3, 0.4) is 0 Å². The van der Waals surface area contributed by atoms with Gasteiger partial charge in [0, 0.05) is 16.0 Å². The van der Waals surface area contributed by atoms with Crippen LogP contribution < -0.4 is 5.73 Å². The van der Waals surface area contributed by atoms with E-state index >= 15 is 0 Å². The highest BCUT2D eigenvalue weighted by Gasteiger charge is 2.05. The van der Waals surface area contributed by atoms with Gasteiger partial charge < -0.3 is 5.73 Å². The molecule has 14 heavy (non-hydrogen) atoms. The molecular weight excluding hydrogens is 216 g/mol. The van der Waals surface area contributed by atoms with Gasteiger partial charge in [0.2, 0.25) is 0 Å². The minimum absolute atomic E-state index is 0.592. The van der Waals surface area contributed by atoms with Crippen LogP contribution in [0.1, 0.15) is 5.56 Å². The van der Waals surface area contributed by atoms with Crippen molar-refractivity contribution in [1.82, 2.24) is 4.98 Å². The summed E-state index contributed by atoms with van der Waals surface area (Å²) in [6, 6.07) is 5.75. The number of nitrogen functional groups attached to an aromatic ring is 1. The Bertz CT molecular complexity index is 465. The Labute approximate surface area is 91.4 Å². The smallest absolute Gasteiger partial charge is 0.180 e. The number of nitrogens with two attached hydrogens (primary N) is 1. The van der Waals surface area contributed by atoms with Crippen LogP contribution >= 0.6 is 22.9 Å². The van der Waals surface area contributed by atoms with Crippen molar-refractivity contribution in [3.8, 4) is 11.3 Å². The summed E-state index contributed by atoms with van der Waals surface area (Å²) in [4.78, 5) is 4.22. The Hall–Kier alpha value is -1.06. The first-order chi connectivity index (χ1) is 6.66. The maximum absolute atomic E-state index is 5.87. The number of thiazole rings is 1. The Balaban J connectivity index is 2.52. The molecule has 0 aliphatic rings. The predicted octanol–water partition coefficient (Wildman–Crippen LogP) is 3.35. The molecule has 0 bridgehead atoms. The number of anilines is 1. The predicted molar refractivity (Wildman–Crippen MR) is 61.7 cm³/mol. The Morgan fingerprint density at radius 1 is 1.43 bits per heavy atom. The topological polar surface area (TPSA) is 38.9 Å². The largest absolute Gasteiger partial charge is 0.375 e. The molecule has 2 nitrogen and oxygen atoms in total. The minimum atomic E-state index is 0.592. The second-order valence-electron chi connectivity index (χ2n) is 3.03. The van der Waals surface area contributed by atoms with Crippen molar-refractivity contribution < 1.29 is 0 Å². The van der Waals surface area contributed by atoms with Crippen LogP contribution in [-0.4, -0.2) is 4.98 Å². The number of halogens is 1. The molecule has 0 spiro atoms. The lowest BCUT2D eigenvalue weighted by Gasteiger charge is -2.02. The summed E-state index contributed by atoms with van der Waals surface area (Å²) in [6.45, 7) is 2.01. The van der Waals surface area contributed by atoms with Crippen molar-refractivity contribution in [2.24, 2.45) is 0 Å². The van der Waals surface area contributed by atoms with E-state index in [1.165, 1.54) is 11.3 Å². The van der Waals surface area contributed by atoms with E-state index in [2.05, 4.69) is 4.98 Å². The second kappa shape index (κ2) is 3.59. The van der Waals surface area contributed by atoms with Gasteiger partial charge in [0.05, 0.1) is 5.69 Å². The van der Waals surface area contributed by atoms with Crippen molar-refractivity contribution in [3.05, 3.63) is 34.2 Å². The molecule has 0 saturated heterocycles. The van der Waals surface area contributed by atoms with Crippen LogP contribution in [0.25, 0.3) is 11.3 Å². The molecule has 0 fully saturated rings. The molecule has 0 aliphatic heterocycles. The lowest BCUT2D eigenvalue weighted by Crippen LogP contribution is -1.85. The number of aromatic nitrogens is 1. The number of nitrogens with zero attached hydrogens (tertiary/aromatic N) is 1. The summed E-state index contributed by atoms with van der Waals surface area (Å²) >= 11 is 7.31. The standard InChI is InChI=1S/C10H9ClN2S/c1-6-4-7(11)2-3-8(6)9-5-14-10(12)13-9/h2-5H,1H3,(H2,12,13). The van der Waals surface area contributed by atoms with Gasteiger partial charge in [-0.2, -0.15) is 0 Å². The molecule has 0 unspecified atom stereocenters. The number of rotatable bonds is 1. The van der Waals surface area contributed by atoms with Gasteiger partial charge in [0.15, 0.2) is 5.13 Å². The van der Waals surface area contributed by atoms with Crippen molar-refractivity contribution in [3.63, 3.8) is 0 Å². The van der Waals surface area contributed by atoms with Crippen molar-refractivity contribution in [1.29, 1.82) is 0 Å². The third-order valence-corrected chi connectivity index (χ3v) is 2.90. The minimum Gasteiger partial charge on any atom is -0.375 e. The van der Waals surface area contributed by atoms with E-state index < -0.39 is 0 Å². The first kappa shape index (κ1) is 9.49. The highest BCUT2D eigenvalue weighted by molar-refractivity contribution is 7.13. The van der Waals surface area contributed by atoms with E-state index in [4.69, 9.17) is 17.3 Å². The summed E-state index contributed by atoms with van der Waals surface area (Å²) in [7, 11) is 0. The zero-order valence-electron chi connectivity index (χ0n) is 7.62. The molecule has 0 radical (unpaired) electrons. The van der Waals surface area contributed by atoms with Crippen LogP contribution in [0.2, 0.25) is 5.02 Å². The van der Waals surface area contributed by atoms with E-state index in [-0.39, 0.29) is 0 Å². The van der Waals surface area contributed by atoms with E-state index in [0.717, 1.165) is 21.8 Å². The van der Waals surface area contributed by atoms with Gasteiger partial charge >= 0.3 is 0 Å². The lowest BCUT2D eigenvalue weighted by molar-refractivity contribution is 1.37. The molecule has 72 valence electrons. The Morgan fingerprint density at radius 2 is 2.21 bits per heavy atom. The van der Waals surface area contributed by atoms with Gasteiger partial charge in [-0.15, -0.1) is 11.3 Å². The number of hydrogen-bond donors (Lipinski definition) is 1. The average Bonchev–Trinajstić information content (AvgIpc) is 2.51. The van der Waals surface area contributed by atoms with E-state index in [9.17, 15) is 0 Å². The van der Waals surface area contributed by atoms with Gasteiger partial charge in [-0.05, 0) is 24.6 Å². The maximum atomic E-state index is 5.87. The monoisotopic (exact) mass is 224 g/mol. The molecule has 0 atom stereocenters. The molecule has 1 aromatic carbocycles. The lowest BCUT2D eigenvalue weighted by atomic mass is 10.1. The van der Waals surface area contributed by atoms with Crippen LogP contribution in [0, 0.1) is 6.92 Å². The average molecular weight is 225 g/mol. The van der Waals surface area contributed by atoms with Crippen LogP contribution in [0.4, 0.5) is 5.13 Å². The molecule has 2 aromatic rings. The third kappa shape index (κ3) is 1.74. The summed E-state index contributed by atoms with van der Waals surface area (Å²) < 4.78 is 0. The van der Waals surface area contributed by atoms with Crippen LogP contribution in [0.15, 0.2) is 23.6 Å². The normalized spacial score (nSPS) is 10.4. The Morgan fingerprint density at radius 3 is 2.79 bits per heavy atom. The fourth-order valence-electron chi connectivity index (χ4n) is 1.33. The first-order valence-electron chi connectivity index (χ1n) is 4.14. The summed E-state index contributed by atoms with van der Waals surface area (Å²) in [5.41, 5.74) is 8.69. The van der Waals surface area contributed by atoms with E-state index in [1.54, 1.807) is 0 Å². The van der Waals surface area contributed by atoms with Gasteiger partial charge in [-0.25, -0.2) is 4.98 Å². The second-order valence-corrected chi connectivity index (χ2v) is 4.36. The Kier molecular flexibility index (Phi) is 2.44. The summed E-state index contributed by atoms with van der Waals surface area (Å²) in [5, 5.41) is 3.29. The molecule has 1 heterocycles. The van der Waals surface area contributed by atoms with Crippen molar-refractivity contribution in [2.45, 2.75) is 6.92 Å². The fraction of sp³-hybridized carbons (Fsp3) is 0.100. The molecule has 2 rings (SSSR count). The van der Waals surface area contributed by atoms with Crippen LogP contribution in [0.5, 0.6) is 0 Å². The number of hydrogen-bond acceptors (Lipinski definition) is 3. The molecule has 0 aliphatic carbocycles. The quantitative estimate of drug-likeness (QED) is 0.807. The van der Waals surface area contributed by atoms with Gasteiger partial charge in [0.1, 0.15) is 0 Å². The summed E-state index contributed by atoms with van der Waals surface area (Å²) in [5.74, 6) is 0. The fourth-order valence-corrected chi connectivity index (χ4v) is 2.12.